The fraction of sp³-hybridized carbons (Fsp3) is 0.500. The number of amides is 1. The molecule has 0 aliphatic rings. The molecule has 0 aliphatic heterocycles. The van der Waals surface area contributed by atoms with Gasteiger partial charge in [-0.2, -0.15) is 0 Å². The standard InChI is InChI=1S/C16H23NO5/c1-4-9-22-13-7-5-12(10-14(13)21-3)6-8-15(18)17-11(2)16(19)20/h5,7,10-11H,4,6,8-9H2,1-3H3,(H,17,18)(H,19,20). The van der Waals surface area contributed by atoms with Gasteiger partial charge in [0.05, 0.1) is 13.7 Å². The van der Waals surface area contributed by atoms with Crippen LogP contribution in [-0.2, 0) is 16.0 Å². The van der Waals surface area contributed by atoms with E-state index in [1.807, 2.05) is 25.1 Å². The third kappa shape index (κ3) is 5.63. The molecule has 1 rings (SSSR count). The summed E-state index contributed by atoms with van der Waals surface area (Å²) in [6.45, 7) is 4.08. The van der Waals surface area contributed by atoms with Gasteiger partial charge in [-0.1, -0.05) is 13.0 Å². The molecule has 1 unspecified atom stereocenters. The number of carboxylic acids is 1. The van der Waals surface area contributed by atoms with Gasteiger partial charge < -0.3 is 19.9 Å². The summed E-state index contributed by atoms with van der Waals surface area (Å²) in [5.74, 6) is -0.0325. The Kier molecular flexibility index (Phi) is 7.22. The molecule has 6 heteroatoms. The highest BCUT2D eigenvalue weighted by atomic mass is 16.5. The van der Waals surface area contributed by atoms with Gasteiger partial charge in [-0.15, -0.1) is 0 Å². The van der Waals surface area contributed by atoms with Crippen LogP contribution < -0.4 is 14.8 Å². The van der Waals surface area contributed by atoms with E-state index in [1.54, 1.807) is 7.11 Å². The Balaban J connectivity index is 2.59. The molecule has 1 aromatic rings. The molecular formula is C16H23NO5. The smallest absolute Gasteiger partial charge is 0.325 e. The summed E-state index contributed by atoms with van der Waals surface area (Å²) < 4.78 is 10.8. The molecule has 0 heterocycles. The zero-order chi connectivity index (χ0) is 16.5. The van der Waals surface area contributed by atoms with Crippen molar-refractivity contribution in [3.63, 3.8) is 0 Å². The number of carbonyl (C=O) groups excluding carboxylic acids is 1. The highest BCUT2D eigenvalue weighted by molar-refractivity contribution is 5.83. The second-order valence-electron chi connectivity index (χ2n) is 4.96. The van der Waals surface area contributed by atoms with Crippen LogP contribution in [0.2, 0.25) is 0 Å². The first-order chi connectivity index (χ1) is 10.5. The van der Waals surface area contributed by atoms with Gasteiger partial charge >= 0.3 is 5.97 Å². The number of carbonyl (C=O) groups is 2. The van der Waals surface area contributed by atoms with Crippen LogP contribution in [0.1, 0.15) is 32.3 Å². The topological polar surface area (TPSA) is 84.9 Å². The Bertz CT molecular complexity index is 515. The Morgan fingerprint density at radius 1 is 1.32 bits per heavy atom. The molecule has 0 saturated carbocycles. The summed E-state index contributed by atoms with van der Waals surface area (Å²) >= 11 is 0. The molecule has 22 heavy (non-hydrogen) atoms. The van der Waals surface area contributed by atoms with Crippen LogP contribution in [0.3, 0.4) is 0 Å². The monoisotopic (exact) mass is 309 g/mol. The summed E-state index contributed by atoms with van der Waals surface area (Å²) in [4.78, 5) is 22.3. The molecule has 0 aliphatic carbocycles. The zero-order valence-electron chi connectivity index (χ0n) is 13.2. The van der Waals surface area contributed by atoms with Crippen molar-refractivity contribution in [1.29, 1.82) is 0 Å². The molecule has 1 aromatic carbocycles. The van der Waals surface area contributed by atoms with Crippen molar-refractivity contribution >= 4 is 11.9 Å². The number of benzene rings is 1. The molecule has 122 valence electrons. The number of aliphatic carboxylic acids is 1. The van der Waals surface area contributed by atoms with Crippen molar-refractivity contribution in [3.05, 3.63) is 23.8 Å². The van der Waals surface area contributed by atoms with Crippen molar-refractivity contribution in [3.8, 4) is 11.5 Å². The number of rotatable bonds is 9. The largest absolute Gasteiger partial charge is 0.493 e. The fourth-order valence-corrected chi connectivity index (χ4v) is 1.83. The molecule has 0 bridgehead atoms. The van der Waals surface area contributed by atoms with Crippen molar-refractivity contribution in [2.75, 3.05) is 13.7 Å². The van der Waals surface area contributed by atoms with Gasteiger partial charge in [0.2, 0.25) is 5.91 Å². The van der Waals surface area contributed by atoms with E-state index in [0.717, 1.165) is 12.0 Å². The minimum absolute atomic E-state index is 0.218. The normalized spacial score (nSPS) is 11.6. The van der Waals surface area contributed by atoms with Gasteiger partial charge in [0.15, 0.2) is 11.5 Å². The molecule has 0 aromatic heterocycles. The summed E-state index contributed by atoms with van der Waals surface area (Å²) in [6.07, 6.45) is 1.63. The fourth-order valence-electron chi connectivity index (χ4n) is 1.83. The Morgan fingerprint density at radius 3 is 2.64 bits per heavy atom. The predicted octanol–water partition coefficient (Wildman–Crippen LogP) is 2.01. The molecule has 0 radical (unpaired) electrons. The molecule has 0 saturated heterocycles. The van der Waals surface area contributed by atoms with Crippen molar-refractivity contribution < 1.29 is 24.2 Å². The van der Waals surface area contributed by atoms with Crippen LogP contribution in [0.25, 0.3) is 0 Å². The zero-order valence-corrected chi connectivity index (χ0v) is 13.2. The van der Waals surface area contributed by atoms with Gasteiger partial charge in [0, 0.05) is 6.42 Å². The Morgan fingerprint density at radius 2 is 2.05 bits per heavy atom. The molecule has 6 nitrogen and oxygen atoms in total. The Hall–Kier alpha value is -2.24. The average molecular weight is 309 g/mol. The third-order valence-corrected chi connectivity index (χ3v) is 3.08. The number of carboxylic acid groups (broad SMARTS) is 1. The van der Waals surface area contributed by atoms with E-state index in [1.165, 1.54) is 6.92 Å². The predicted molar refractivity (Wildman–Crippen MR) is 82.3 cm³/mol. The summed E-state index contributed by atoms with van der Waals surface area (Å²) in [6, 6.07) is 4.65. The SMILES string of the molecule is CCCOc1ccc(CCC(=O)NC(C)C(=O)O)cc1OC. The lowest BCUT2D eigenvalue weighted by molar-refractivity contribution is -0.141. The van der Waals surface area contributed by atoms with Crippen LogP contribution in [0.5, 0.6) is 11.5 Å². The summed E-state index contributed by atoms with van der Waals surface area (Å²) in [5, 5.41) is 11.2. The van der Waals surface area contributed by atoms with Gasteiger partial charge in [0.1, 0.15) is 6.04 Å². The van der Waals surface area contributed by atoms with E-state index >= 15 is 0 Å². The van der Waals surface area contributed by atoms with E-state index < -0.39 is 12.0 Å². The van der Waals surface area contributed by atoms with Crippen LogP contribution in [0.15, 0.2) is 18.2 Å². The third-order valence-electron chi connectivity index (χ3n) is 3.08. The minimum Gasteiger partial charge on any atom is -0.493 e. The van der Waals surface area contributed by atoms with Gasteiger partial charge in [-0.25, -0.2) is 0 Å². The van der Waals surface area contributed by atoms with E-state index in [0.29, 0.717) is 24.5 Å². The average Bonchev–Trinajstić information content (AvgIpc) is 2.50. The number of aryl methyl sites for hydroxylation is 1. The highest BCUT2D eigenvalue weighted by Crippen LogP contribution is 2.28. The lowest BCUT2D eigenvalue weighted by Crippen LogP contribution is -2.38. The van der Waals surface area contributed by atoms with Gasteiger partial charge in [-0.05, 0) is 37.5 Å². The molecule has 0 fully saturated rings. The second kappa shape index (κ2) is 8.92. The second-order valence-corrected chi connectivity index (χ2v) is 4.96. The lowest BCUT2D eigenvalue weighted by Gasteiger charge is -2.12. The maximum Gasteiger partial charge on any atom is 0.325 e. The number of methoxy groups -OCH3 is 1. The first kappa shape index (κ1) is 17.8. The number of nitrogens with one attached hydrogen (secondary N) is 1. The molecule has 2 N–H and O–H groups in total. The van der Waals surface area contributed by atoms with Crippen LogP contribution in [-0.4, -0.2) is 36.7 Å². The van der Waals surface area contributed by atoms with E-state index in [2.05, 4.69) is 5.32 Å². The number of ether oxygens (including phenoxy) is 2. The van der Waals surface area contributed by atoms with Crippen molar-refractivity contribution in [2.45, 2.75) is 39.2 Å². The summed E-state index contributed by atoms with van der Waals surface area (Å²) in [7, 11) is 1.57. The van der Waals surface area contributed by atoms with Gasteiger partial charge in [-0.3, -0.25) is 9.59 Å². The van der Waals surface area contributed by atoms with E-state index in [9.17, 15) is 9.59 Å². The summed E-state index contributed by atoms with van der Waals surface area (Å²) in [5.41, 5.74) is 0.929. The van der Waals surface area contributed by atoms with Crippen molar-refractivity contribution in [1.82, 2.24) is 5.32 Å². The minimum atomic E-state index is -1.05. The molecule has 1 atom stereocenters. The number of hydrogen-bond acceptors (Lipinski definition) is 4. The van der Waals surface area contributed by atoms with Gasteiger partial charge in [0.25, 0.3) is 0 Å². The quantitative estimate of drug-likeness (QED) is 0.729. The van der Waals surface area contributed by atoms with E-state index in [-0.39, 0.29) is 12.3 Å². The van der Waals surface area contributed by atoms with Crippen LogP contribution >= 0.6 is 0 Å². The maximum absolute atomic E-state index is 11.7. The van der Waals surface area contributed by atoms with Crippen LogP contribution in [0, 0.1) is 0 Å². The van der Waals surface area contributed by atoms with Crippen molar-refractivity contribution in [2.24, 2.45) is 0 Å². The first-order valence-electron chi connectivity index (χ1n) is 7.29. The Labute approximate surface area is 130 Å². The van der Waals surface area contributed by atoms with Crippen LogP contribution in [0.4, 0.5) is 0 Å². The molecular weight excluding hydrogens is 286 g/mol. The molecule has 1 amide bonds. The highest BCUT2D eigenvalue weighted by Gasteiger charge is 2.14. The number of hydrogen-bond donors (Lipinski definition) is 2. The molecule has 0 spiro atoms. The first-order valence-corrected chi connectivity index (χ1v) is 7.29. The van der Waals surface area contributed by atoms with E-state index in [4.69, 9.17) is 14.6 Å². The lowest BCUT2D eigenvalue weighted by atomic mass is 10.1. The maximum atomic E-state index is 11.7.